The number of carbonyl (C=O) groups is 1. The molecule has 4 rings (SSSR count). The second-order valence-corrected chi connectivity index (χ2v) is 4.65. The molecule has 0 spiro atoms. The Kier molecular flexibility index (Phi) is 2.00. The molecule has 0 aliphatic carbocycles. The molecule has 3 aromatic rings. The first kappa shape index (κ1) is 10.3. The lowest BCUT2D eigenvalue weighted by Gasteiger charge is -2.07. The van der Waals surface area contributed by atoms with Crippen molar-refractivity contribution in [3.05, 3.63) is 60.0 Å². The molecule has 0 unspecified atom stereocenters. The van der Waals surface area contributed by atoms with Crippen molar-refractivity contribution in [1.29, 1.82) is 0 Å². The van der Waals surface area contributed by atoms with Crippen molar-refractivity contribution in [1.82, 2.24) is 14.1 Å². The van der Waals surface area contributed by atoms with Crippen LogP contribution >= 0.6 is 0 Å². The van der Waals surface area contributed by atoms with Gasteiger partial charge in [-0.25, -0.2) is 4.98 Å². The molecule has 3 heterocycles. The molecule has 1 aromatic carbocycles. The second kappa shape index (κ2) is 3.68. The molecule has 0 N–H and O–H groups in total. The van der Waals surface area contributed by atoms with Crippen molar-refractivity contribution < 1.29 is 4.79 Å². The lowest BCUT2D eigenvalue weighted by Crippen LogP contribution is -1.99. The van der Waals surface area contributed by atoms with Gasteiger partial charge in [0, 0.05) is 30.7 Å². The number of rotatable bonds is 1. The Bertz CT molecular complexity index is 782. The summed E-state index contributed by atoms with van der Waals surface area (Å²) in [4.78, 5) is 15.4. The first-order chi connectivity index (χ1) is 9.36. The van der Waals surface area contributed by atoms with Gasteiger partial charge in [-0.3, -0.25) is 9.36 Å². The van der Waals surface area contributed by atoms with Gasteiger partial charge in [-0.1, -0.05) is 18.2 Å². The van der Waals surface area contributed by atoms with Gasteiger partial charge in [0.05, 0.1) is 11.4 Å². The summed E-state index contributed by atoms with van der Waals surface area (Å²) in [6, 6.07) is 10.1. The lowest BCUT2D eigenvalue weighted by molar-refractivity contribution is 0.112. The van der Waals surface area contributed by atoms with E-state index in [1.54, 1.807) is 6.20 Å². The fourth-order valence-corrected chi connectivity index (χ4v) is 2.67. The van der Waals surface area contributed by atoms with Crippen LogP contribution in [0.15, 0.2) is 48.9 Å². The maximum atomic E-state index is 11.0. The zero-order valence-electron chi connectivity index (χ0n) is 10.2. The summed E-state index contributed by atoms with van der Waals surface area (Å²) in [5.74, 6) is 0.873. The molecule has 1 aliphatic heterocycles. The predicted octanol–water partition coefficient (Wildman–Crippen LogP) is 2.52. The van der Waals surface area contributed by atoms with E-state index >= 15 is 0 Å². The molecule has 0 radical (unpaired) electrons. The topological polar surface area (TPSA) is 39.8 Å². The number of carbonyl (C=O) groups excluding carboxylic acids is 1. The molecule has 0 fully saturated rings. The van der Waals surface area contributed by atoms with E-state index in [1.807, 2.05) is 30.6 Å². The Labute approximate surface area is 109 Å². The maximum Gasteiger partial charge on any atom is 0.161 e. The van der Waals surface area contributed by atoms with Crippen molar-refractivity contribution in [3.8, 4) is 17.2 Å². The molecular formula is C15H11N3O. The Morgan fingerprint density at radius 1 is 1.26 bits per heavy atom. The highest BCUT2D eigenvalue weighted by atomic mass is 16.1. The van der Waals surface area contributed by atoms with E-state index in [1.165, 1.54) is 5.56 Å². The minimum atomic E-state index is 0.684. The first-order valence-corrected chi connectivity index (χ1v) is 6.14. The number of aldehydes is 1. The van der Waals surface area contributed by atoms with Crippen LogP contribution in [0.25, 0.3) is 17.2 Å². The first-order valence-electron chi connectivity index (χ1n) is 6.14. The number of para-hydroxylation sites is 1. The zero-order valence-corrected chi connectivity index (χ0v) is 10.2. The number of aromatic nitrogens is 3. The molecule has 2 aromatic heterocycles. The summed E-state index contributed by atoms with van der Waals surface area (Å²) in [7, 11) is 0. The van der Waals surface area contributed by atoms with Gasteiger partial charge >= 0.3 is 0 Å². The molecule has 0 saturated heterocycles. The molecule has 1 aliphatic rings. The van der Waals surface area contributed by atoms with Crippen LogP contribution in [0.2, 0.25) is 0 Å². The van der Waals surface area contributed by atoms with E-state index in [9.17, 15) is 4.79 Å². The van der Waals surface area contributed by atoms with Gasteiger partial charge in [0.1, 0.15) is 0 Å². The van der Waals surface area contributed by atoms with Gasteiger partial charge < -0.3 is 4.57 Å². The Morgan fingerprint density at radius 3 is 3.05 bits per heavy atom. The number of benzene rings is 1. The quantitative estimate of drug-likeness (QED) is 0.486. The van der Waals surface area contributed by atoms with Gasteiger partial charge in [0.2, 0.25) is 0 Å². The largest absolute Gasteiger partial charge is 0.340 e. The second-order valence-electron chi connectivity index (χ2n) is 4.65. The van der Waals surface area contributed by atoms with Gasteiger partial charge in [-0.15, -0.1) is 0 Å². The third-order valence-electron chi connectivity index (χ3n) is 3.52. The number of fused-ring (bicyclic) bond motifs is 5. The molecule has 92 valence electrons. The number of imidazole rings is 1. The standard InChI is InChI=1S/C15H11N3O/c19-10-11-7-14-15-16-5-6-18(15)13-4-2-1-3-12(13)9-17(14)8-11/h1-8,10H,9H2. The highest BCUT2D eigenvalue weighted by Gasteiger charge is 2.19. The SMILES string of the molecule is O=Cc1cc2n(c1)Cc1ccccc1-n1ccnc1-2. The van der Waals surface area contributed by atoms with Crippen molar-refractivity contribution in [2.45, 2.75) is 6.54 Å². The Balaban J connectivity index is 2.07. The van der Waals surface area contributed by atoms with Crippen LogP contribution < -0.4 is 0 Å². The molecule has 4 nitrogen and oxygen atoms in total. The predicted molar refractivity (Wildman–Crippen MR) is 71.5 cm³/mol. The molecular weight excluding hydrogens is 238 g/mol. The normalized spacial score (nSPS) is 12.2. The van der Waals surface area contributed by atoms with E-state index < -0.39 is 0 Å². The van der Waals surface area contributed by atoms with Crippen LogP contribution in [0.1, 0.15) is 15.9 Å². The summed E-state index contributed by atoms with van der Waals surface area (Å²) in [6.07, 6.45) is 6.50. The zero-order chi connectivity index (χ0) is 12.8. The maximum absolute atomic E-state index is 11.0. The Morgan fingerprint density at radius 2 is 2.16 bits per heavy atom. The number of nitrogens with zero attached hydrogens (tertiary/aromatic N) is 3. The molecule has 0 atom stereocenters. The third-order valence-corrected chi connectivity index (χ3v) is 3.52. The third kappa shape index (κ3) is 1.40. The monoisotopic (exact) mass is 249 g/mol. The highest BCUT2D eigenvalue weighted by molar-refractivity contribution is 5.78. The fraction of sp³-hybridized carbons (Fsp3) is 0.0667. The van der Waals surface area contributed by atoms with Crippen molar-refractivity contribution >= 4 is 6.29 Å². The van der Waals surface area contributed by atoms with Crippen molar-refractivity contribution in [2.24, 2.45) is 0 Å². The summed E-state index contributed by atoms with van der Waals surface area (Å²) in [6.45, 7) is 0.753. The number of hydrogen-bond acceptors (Lipinski definition) is 2. The highest BCUT2D eigenvalue weighted by Crippen LogP contribution is 2.30. The van der Waals surface area contributed by atoms with Crippen LogP contribution in [-0.4, -0.2) is 20.4 Å². The van der Waals surface area contributed by atoms with Gasteiger partial charge in [-0.2, -0.15) is 0 Å². The van der Waals surface area contributed by atoms with E-state index in [-0.39, 0.29) is 0 Å². The summed E-state index contributed by atoms with van der Waals surface area (Å²) >= 11 is 0. The summed E-state index contributed by atoms with van der Waals surface area (Å²) in [5.41, 5.74) is 4.02. The van der Waals surface area contributed by atoms with E-state index in [2.05, 4.69) is 26.3 Å². The van der Waals surface area contributed by atoms with E-state index in [0.29, 0.717) is 5.56 Å². The smallest absolute Gasteiger partial charge is 0.161 e. The van der Waals surface area contributed by atoms with Crippen LogP contribution in [0, 0.1) is 0 Å². The van der Waals surface area contributed by atoms with Crippen LogP contribution in [0.5, 0.6) is 0 Å². The Hall–Kier alpha value is -2.62. The summed E-state index contributed by atoms with van der Waals surface area (Å²) in [5, 5.41) is 0. The van der Waals surface area contributed by atoms with Gasteiger partial charge in [0.15, 0.2) is 12.1 Å². The average Bonchev–Trinajstić information content (AvgIpc) is 3.03. The lowest BCUT2D eigenvalue weighted by atomic mass is 10.2. The minimum absolute atomic E-state index is 0.684. The molecule has 4 heteroatoms. The average molecular weight is 249 g/mol. The molecule has 0 bridgehead atoms. The van der Waals surface area contributed by atoms with Crippen LogP contribution in [-0.2, 0) is 6.54 Å². The summed E-state index contributed by atoms with van der Waals surface area (Å²) < 4.78 is 4.15. The van der Waals surface area contributed by atoms with Gasteiger partial charge in [0.25, 0.3) is 0 Å². The molecule has 0 amide bonds. The van der Waals surface area contributed by atoms with E-state index in [0.717, 1.165) is 30.0 Å². The minimum Gasteiger partial charge on any atom is -0.340 e. The van der Waals surface area contributed by atoms with Crippen molar-refractivity contribution in [2.75, 3.05) is 0 Å². The van der Waals surface area contributed by atoms with Crippen molar-refractivity contribution in [3.63, 3.8) is 0 Å². The molecule has 0 saturated carbocycles. The van der Waals surface area contributed by atoms with Crippen LogP contribution in [0.4, 0.5) is 0 Å². The number of hydrogen-bond donors (Lipinski definition) is 0. The molecule has 19 heavy (non-hydrogen) atoms. The van der Waals surface area contributed by atoms with E-state index in [4.69, 9.17) is 0 Å². The van der Waals surface area contributed by atoms with Crippen LogP contribution in [0.3, 0.4) is 0 Å². The fourth-order valence-electron chi connectivity index (χ4n) is 2.67. The van der Waals surface area contributed by atoms with Gasteiger partial charge in [-0.05, 0) is 17.7 Å².